The molecule has 0 amide bonds. The van der Waals surface area contributed by atoms with Gasteiger partial charge in [-0.2, -0.15) is 0 Å². The van der Waals surface area contributed by atoms with Gasteiger partial charge >= 0.3 is 5.97 Å². The first kappa shape index (κ1) is 26.8. The van der Waals surface area contributed by atoms with Crippen molar-refractivity contribution >= 4 is 55.0 Å². The van der Waals surface area contributed by atoms with Crippen molar-refractivity contribution < 1.29 is 24.0 Å². The minimum Gasteiger partial charge on any atom is -0.487 e. The number of Topliss-reactive ketones (excluding diaryl/α,β-unsaturated/α-hetero) is 1. The Morgan fingerprint density at radius 3 is 2.31 bits per heavy atom. The molecule has 1 heterocycles. The van der Waals surface area contributed by atoms with Gasteiger partial charge in [-0.1, -0.05) is 24.3 Å². The lowest BCUT2D eigenvalue weighted by molar-refractivity contribution is -0.384. The molecule has 0 spiro atoms. The molecular formula is C29H22Br2N2O6. The molecule has 0 saturated carbocycles. The molecule has 0 aromatic heterocycles. The minimum absolute atomic E-state index is 0.00507. The highest BCUT2D eigenvalue weighted by Gasteiger charge is 2.43. The monoisotopic (exact) mass is 652 g/mol. The topological polar surface area (TPSA) is 108 Å². The van der Waals surface area contributed by atoms with Crippen molar-refractivity contribution in [2.24, 2.45) is 0 Å². The average molecular weight is 654 g/mol. The van der Waals surface area contributed by atoms with Crippen LogP contribution in [0.4, 0.5) is 5.69 Å². The van der Waals surface area contributed by atoms with Gasteiger partial charge in [0.15, 0.2) is 5.78 Å². The summed E-state index contributed by atoms with van der Waals surface area (Å²) in [5.74, 6) is -0.789. The SMILES string of the molecule is CCOC(=O)C1=C(C)NC2=C(C(=O)c3ccccc32)[C@@H]1c1cc(Br)c(OCc2ccc([N+](=O)[O-])cc2)c(Br)c1. The van der Waals surface area contributed by atoms with Crippen LogP contribution in [0.25, 0.3) is 5.70 Å². The van der Waals surface area contributed by atoms with Crippen molar-refractivity contribution in [1.82, 2.24) is 5.32 Å². The number of dihydropyridines is 1. The standard InChI is InChI=1S/C29H22Br2N2O6/c1-3-38-29(35)23-15(2)32-26-19-6-4-5-7-20(19)27(34)25(26)24(23)17-12-21(30)28(22(31)13-17)39-14-16-8-10-18(11-9-16)33(36)37/h4-13,24,32H,3,14H2,1-2H3/t24-/m1/s1. The van der Waals surface area contributed by atoms with Crippen LogP contribution in [0.1, 0.15) is 46.8 Å². The lowest BCUT2D eigenvalue weighted by atomic mass is 9.80. The summed E-state index contributed by atoms with van der Waals surface area (Å²) in [5.41, 5.74) is 5.02. The van der Waals surface area contributed by atoms with Crippen molar-refractivity contribution in [3.63, 3.8) is 0 Å². The Morgan fingerprint density at radius 2 is 1.69 bits per heavy atom. The number of nitrogens with one attached hydrogen (secondary N) is 1. The molecule has 1 aliphatic heterocycles. The van der Waals surface area contributed by atoms with Gasteiger partial charge in [-0.15, -0.1) is 0 Å². The number of carbonyl (C=O) groups is 2. The van der Waals surface area contributed by atoms with Gasteiger partial charge in [-0.25, -0.2) is 4.79 Å². The smallest absolute Gasteiger partial charge is 0.336 e. The van der Waals surface area contributed by atoms with Crippen LogP contribution in [0.5, 0.6) is 5.75 Å². The summed E-state index contributed by atoms with van der Waals surface area (Å²) in [5, 5.41) is 14.2. The lowest BCUT2D eigenvalue weighted by Crippen LogP contribution is -2.29. The quantitative estimate of drug-likeness (QED) is 0.169. The number of hydrogen-bond donors (Lipinski definition) is 1. The summed E-state index contributed by atoms with van der Waals surface area (Å²) in [6, 6.07) is 17.2. The Labute approximate surface area is 241 Å². The van der Waals surface area contributed by atoms with Crippen LogP contribution in [-0.4, -0.2) is 23.3 Å². The zero-order valence-corrected chi connectivity index (χ0v) is 24.1. The summed E-state index contributed by atoms with van der Waals surface area (Å²) in [4.78, 5) is 37.3. The predicted molar refractivity (Wildman–Crippen MR) is 152 cm³/mol. The summed E-state index contributed by atoms with van der Waals surface area (Å²) in [7, 11) is 0. The summed E-state index contributed by atoms with van der Waals surface area (Å²) < 4.78 is 12.6. The van der Waals surface area contributed by atoms with Gasteiger partial charge in [0.05, 0.1) is 31.7 Å². The molecule has 1 aliphatic carbocycles. The molecule has 1 N–H and O–H groups in total. The molecule has 5 rings (SSSR count). The van der Waals surface area contributed by atoms with Crippen molar-refractivity contribution in [3.05, 3.63) is 119 Å². The third-order valence-electron chi connectivity index (χ3n) is 6.63. The first-order chi connectivity index (χ1) is 18.7. The van der Waals surface area contributed by atoms with Crippen LogP contribution in [0.3, 0.4) is 0 Å². The molecule has 8 nitrogen and oxygen atoms in total. The van der Waals surface area contributed by atoms with E-state index in [1.54, 1.807) is 32.0 Å². The Bertz CT molecular complexity index is 1570. The van der Waals surface area contributed by atoms with Crippen LogP contribution < -0.4 is 10.1 Å². The Hall–Kier alpha value is -3.76. The Balaban J connectivity index is 1.53. The van der Waals surface area contributed by atoms with E-state index in [1.807, 2.05) is 30.3 Å². The second-order valence-corrected chi connectivity index (χ2v) is 10.7. The van der Waals surface area contributed by atoms with Gasteiger partial charge in [0, 0.05) is 40.4 Å². The van der Waals surface area contributed by atoms with Crippen LogP contribution in [0.2, 0.25) is 0 Å². The van der Waals surface area contributed by atoms with E-state index in [-0.39, 0.29) is 24.7 Å². The van der Waals surface area contributed by atoms with Crippen molar-refractivity contribution in [2.75, 3.05) is 6.61 Å². The Morgan fingerprint density at radius 1 is 1.05 bits per heavy atom. The second kappa shape index (κ2) is 10.8. The molecular weight excluding hydrogens is 632 g/mol. The number of benzene rings is 3. The van der Waals surface area contributed by atoms with Gasteiger partial charge in [0.2, 0.25) is 0 Å². The highest BCUT2D eigenvalue weighted by atomic mass is 79.9. The van der Waals surface area contributed by atoms with Crippen LogP contribution in [0.15, 0.2) is 86.5 Å². The normalized spacial score (nSPS) is 16.0. The van der Waals surface area contributed by atoms with E-state index in [0.717, 1.165) is 11.1 Å². The third kappa shape index (κ3) is 4.90. The maximum atomic E-state index is 13.6. The molecule has 2 aliphatic rings. The number of ether oxygens (including phenoxy) is 2. The summed E-state index contributed by atoms with van der Waals surface area (Å²) in [6.07, 6.45) is 0. The third-order valence-corrected chi connectivity index (χ3v) is 7.81. The van der Waals surface area contributed by atoms with Gasteiger partial charge in [-0.3, -0.25) is 14.9 Å². The number of rotatable bonds is 7. The van der Waals surface area contributed by atoms with Gasteiger partial charge in [-0.05, 0) is 81.1 Å². The number of ketones is 1. The molecule has 1 atom stereocenters. The van der Waals surface area contributed by atoms with Crippen LogP contribution in [-0.2, 0) is 16.1 Å². The first-order valence-corrected chi connectivity index (χ1v) is 13.7. The van der Waals surface area contributed by atoms with E-state index in [9.17, 15) is 19.7 Å². The molecule has 0 bridgehead atoms. The molecule has 0 fully saturated rings. The first-order valence-electron chi connectivity index (χ1n) is 12.1. The number of halogens is 2. The fraction of sp³-hybridized carbons (Fsp3) is 0.172. The fourth-order valence-corrected chi connectivity index (χ4v) is 6.35. The van der Waals surface area contributed by atoms with E-state index in [1.165, 1.54) is 12.1 Å². The molecule has 198 valence electrons. The minimum atomic E-state index is -0.670. The number of fused-ring (bicyclic) bond motifs is 2. The molecule has 0 unspecified atom stereocenters. The Kier molecular flexibility index (Phi) is 7.42. The highest BCUT2D eigenvalue weighted by molar-refractivity contribution is 9.11. The van der Waals surface area contributed by atoms with Crippen molar-refractivity contribution in [2.45, 2.75) is 26.4 Å². The summed E-state index contributed by atoms with van der Waals surface area (Å²) in [6.45, 7) is 3.92. The van der Waals surface area contributed by atoms with E-state index < -0.39 is 16.8 Å². The van der Waals surface area contributed by atoms with Crippen LogP contribution in [0, 0.1) is 10.1 Å². The van der Waals surface area contributed by atoms with E-state index in [4.69, 9.17) is 9.47 Å². The molecule has 10 heteroatoms. The zero-order chi connectivity index (χ0) is 27.8. The zero-order valence-electron chi connectivity index (χ0n) is 20.9. The maximum Gasteiger partial charge on any atom is 0.336 e. The average Bonchev–Trinajstić information content (AvgIpc) is 3.19. The number of esters is 1. The van der Waals surface area contributed by atoms with E-state index >= 15 is 0 Å². The molecule has 0 radical (unpaired) electrons. The largest absolute Gasteiger partial charge is 0.487 e. The number of hydrogen-bond acceptors (Lipinski definition) is 7. The van der Waals surface area contributed by atoms with Gasteiger partial charge in [0.1, 0.15) is 12.4 Å². The van der Waals surface area contributed by atoms with Gasteiger partial charge < -0.3 is 14.8 Å². The lowest BCUT2D eigenvalue weighted by Gasteiger charge is -2.29. The number of allylic oxidation sites excluding steroid dienone is 2. The molecule has 3 aromatic rings. The molecule has 39 heavy (non-hydrogen) atoms. The van der Waals surface area contributed by atoms with E-state index in [0.29, 0.717) is 48.4 Å². The maximum absolute atomic E-state index is 13.6. The number of carbonyl (C=O) groups excluding carboxylic acids is 2. The van der Waals surface area contributed by atoms with Crippen molar-refractivity contribution in [1.29, 1.82) is 0 Å². The fourth-order valence-electron chi connectivity index (χ4n) is 4.90. The second-order valence-electron chi connectivity index (χ2n) is 9.01. The number of nitro benzene ring substituents is 1. The molecule has 3 aromatic carbocycles. The van der Waals surface area contributed by atoms with E-state index in [2.05, 4.69) is 37.2 Å². The predicted octanol–water partition coefficient (Wildman–Crippen LogP) is 6.83. The van der Waals surface area contributed by atoms with Gasteiger partial charge in [0.25, 0.3) is 5.69 Å². The number of nitro groups is 1. The summed E-state index contributed by atoms with van der Waals surface area (Å²) >= 11 is 7.19. The number of non-ortho nitro benzene ring substituents is 1. The molecule has 0 saturated heterocycles. The van der Waals surface area contributed by atoms with Crippen LogP contribution >= 0.6 is 31.9 Å². The van der Waals surface area contributed by atoms with Crippen molar-refractivity contribution in [3.8, 4) is 5.75 Å². The number of nitrogens with zero attached hydrogens (tertiary/aromatic N) is 1. The highest BCUT2D eigenvalue weighted by Crippen LogP contribution is 2.49.